The standard InChI is InChI=1S/C14H12O2/c1-2-13(15)14(16)12-9-5-7-10-6-3-4-8-11(10)12/h1,3-9,13-16H. The molecule has 0 radical (unpaired) electrons. The lowest BCUT2D eigenvalue weighted by Crippen LogP contribution is -2.15. The number of aliphatic hydroxyl groups excluding tert-OH is 2. The second-order valence-corrected chi connectivity index (χ2v) is 3.62. The topological polar surface area (TPSA) is 40.5 Å². The highest BCUT2D eigenvalue weighted by Crippen LogP contribution is 2.25. The maximum Gasteiger partial charge on any atom is 0.144 e. The number of hydrogen-bond donors (Lipinski definition) is 2. The molecule has 2 unspecified atom stereocenters. The number of hydrogen-bond acceptors (Lipinski definition) is 2. The predicted octanol–water partition coefficient (Wildman–Crippen LogP) is 1.87. The summed E-state index contributed by atoms with van der Waals surface area (Å²) in [7, 11) is 0. The molecule has 2 aromatic carbocycles. The van der Waals surface area contributed by atoms with Gasteiger partial charge in [-0.25, -0.2) is 0 Å². The van der Waals surface area contributed by atoms with Crippen molar-refractivity contribution < 1.29 is 10.2 Å². The first-order chi connectivity index (χ1) is 7.74. The van der Waals surface area contributed by atoms with Crippen molar-refractivity contribution in [2.24, 2.45) is 0 Å². The van der Waals surface area contributed by atoms with Gasteiger partial charge in [0.1, 0.15) is 12.2 Å². The summed E-state index contributed by atoms with van der Waals surface area (Å²) in [4.78, 5) is 0. The van der Waals surface area contributed by atoms with Crippen LogP contribution in [0.25, 0.3) is 10.8 Å². The Labute approximate surface area is 94.2 Å². The molecule has 0 fully saturated rings. The molecule has 0 aromatic heterocycles. The molecule has 16 heavy (non-hydrogen) atoms. The summed E-state index contributed by atoms with van der Waals surface area (Å²) in [6.07, 6.45) is 2.87. The van der Waals surface area contributed by atoms with Crippen LogP contribution in [-0.2, 0) is 0 Å². The van der Waals surface area contributed by atoms with Gasteiger partial charge in [-0.2, -0.15) is 0 Å². The van der Waals surface area contributed by atoms with Crippen LogP contribution in [0, 0.1) is 12.3 Å². The van der Waals surface area contributed by atoms with Crippen molar-refractivity contribution in [1.82, 2.24) is 0 Å². The van der Waals surface area contributed by atoms with Gasteiger partial charge in [-0.3, -0.25) is 0 Å². The van der Waals surface area contributed by atoms with Crippen LogP contribution < -0.4 is 0 Å². The van der Waals surface area contributed by atoms with Crippen molar-refractivity contribution in [1.29, 1.82) is 0 Å². The molecular formula is C14H12O2. The van der Waals surface area contributed by atoms with E-state index in [9.17, 15) is 10.2 Å². The molecule has 2 aromatic rings. The number of benzene rings is 2. The normalized spacial score (nSPS) is 14.3. The van der Waals surface area contributed by atoms with Gasteiger partial charge in [-0.1, -0.05) is 48.4 Å². The van der Waals surface area contributed by atoms with Gasteiger partial charge >= 0.3 is 0 Å². The SMILES string of the molecule is C#CC(O)C(O)c1cccc2ccccc12. The van der Waals surface area contributed by atoms with E-state index in [1.165, 1.54) is 0 Å². The largest absolute Gasteiger partial charge is 0.385 e. The Bertz CT molecular complexity index is 534. The van der Waals surface area contributed by atoms with Crippen LogP contribution in [0.5, 0.6) is 0 Å². The van der Waals surface area contributed by atoms with Crippen LogP contribution in [-0.4, -0.2) is 16.3 Å². The van der Waals surface area contributed by atoms with E-state index in [1.807, 2.05) is 36.4 Å². The van der Waals surface area contributed by atoms with Crippen LogP contribution in [0.1, 0.15) is 11.7 Å². The van der Waals surface area contributed by atoms with Gasteiger partial charge in [0.2, 0.25) is 0 Å². The quantitative estimate of drug-likeness (QED) is 0.746. The predicted molar refractivity (Wildman–Crippen MR) is 63.7 cm³/mol. The summed E-state index contributed by atoms with van der Waals surface area (Å²) in [5.41, 5.74) is 0.656. The molecule has 2 rings (SSSR count). The molecule has 0 spiro atoms. The molecule has 80 valence electrons. The monoisotopic (exact) mass is 212 g/mol. The summed E-state index contributed by atoms with van der Waals surface area (Å²) >= 11 is 0. The first-order valence-corrected chi connectivity index (χ1v) is 5.04. The average molecular weight is 212 g/mol. The van der Waals surface area contributed by atoms with E-state index in [4.69, 9.17) is 6.42 Å². The Morgan fingerprint density at radius 2 is 1.69 bits per heavy atom. The minimum Gasteiger partial charge on any atom is -0.385 e. The summed E-state index contributed by atoms with van der Waals surface area (Å²) in [6.45, 7) is 0. The lowest BCUT2D eigenvalue weighted by molar-refractivity contribution is 0.0551. The highest BCUT2D eigenvalue weighted by atomic mass is 16.3. The molecule has 0 bridgehead atoms. The number of aliphatic hydroxyl groups is 2. The van der Waals surface area contributed by atoms with Crippen LogP contribution in [0.3, 0.4) is 0 Å². The molecule has 0 saturated heterocycles. The van der Waals surface area contributed by atoms with Gasteiger partial charge in [0.25, 0.3) is 0 Å². The Hall–Kier alpha value is -1.82. The second kappa shape index (κ2) is 4.36. The van der Waals surface area contributed by atoms with Gasteiger partial charge in [-0.05, 0) is 16.3 Å². The third-order valence-electron chi connectivity index (χ3n) is 2.61. The zero-order valence-corrected chi connectivity index (χ0v) is 8.67. The summed E-state index contributed by atoms with van der Waals surface area (Å²) in [5, 5.41) is 21.3. The number of terminal acetylenes is 1. The zero-order valence-electron chi connectivity index (χ0n) is 8.67. The highest BCUT2D eigenvalue weighted by Gasteiger charge is 2.17. The van der Waals surface area contributed by atoms with Crippen LogP contribution >= 0.6 is 0 Å². The van der Waals surface area contributed by atoms with Crippen molar-refractivity contribution in [3.05, 3.63) is 48.0 Å². The molecule has 2 atom stereocenters. The Kier molecular flexibility index (Phi) is 2.91. The van der Waals surface area contributed by atoms with Gasteiger partial charge in [0, 0.05) is 0 Å². The fraction of sp³-hybridized carbons (Fsp3) is 0.143. The first kappa shape index (κ1) is 10.7. The van der Waals surface area contributed by atoms with E-state index >= 15 is 0 Å². The van der Waals surface area contributed by atoms with Crippen molar-refractivity contribution in [3.63, 3.8) is 0 Å². The smallest absolute Gasteiger partial charge is 0.144 e. The summed E-state index contributed by atoms with van der Waals surface area (Å²) < 4.78 is 0. The molecule has 0 heterocycles. The van der Waals surface area contributed by atoms with E-state index in [1.54, 1.807) is 6.07 Å². The Morgan fingerprint density at radius 3 is 2.44 bits per heavy atom. The second-order valence-electron chi connectivity index (χ2n) is 3.62. The molecule has 0 amide bonds. The van der Waals surface area contributed by atoms with Crippen LogP contribution in [0.15, 0.2) is 42.5 Å². The lowest BCUT2D eigenvalue weighted by Gasteiger charge is -2.15. The first-order valence-electron chi connectivity index (χ1n) is 5.04. The molecular weight excluding hydrogens is 200 g/mol. The minimum atomic E-state index is -1.18. The van der Waals surface area contributed by atoms with E-state index in [0.29, 0.717) is 5.56 Å². The van der Waals surface area contributed by atoms with Gasteiger partial charge in [0.15, 0.2) is 0 Å². The fourth-order valence-corrected chi connectivity index (χ4v) is 1.77. The molecule has 0 aliphatic rings. The van der Waals surface area contributed by atoms with E-state index in [0.717, 1.165) is 10.8 Å². The molecule has 0 aliphatic heterocycles. The maximum atomic E-state index is 9.89. The third-order valence-corrected chi connectivity index (χ3v) is 2.61. The Balaban J connectivity index is 2.57. The van der Waals surface area contributed by atoms with Crippen molar-refractivity contribution >= 4 is 10.8 Å². The van der Waals surface area contributed by atoms with E-state index < -0.39 is 12.2 Å². The zero-order chi connectivity index (χ0) is 11.5. The molecule has 2 N–H and O–H groups in total. The minimum absolute atomic E-state index is 0.656. The van der Waals surface area contributed by atoms with E-state index in [-0.39, 0.29) is 0 Å². The number of fused-ring (bicyclic) bond motifs is 1. The van der Waals surface area contributed by atoms with E-state index in [2.05, 4.69) is 5.92 Å². The molecule has 0 aliphatic carbocycles. The van der Waals surface area contributed by atoms with Gasteiger partial charge in [-0.15, -0.1) is 6.42 Å². The Morgan fingerprint density at radius 1 is 1.00 bits per heavy atom. The summed E-state index contributed by atoms with van der Waals surface area (Å²) in [5.74, 6) is 2.13. The van der Waals surface area contributed by atoms with Crippen molar-refractivity contribution in [2.45, 2.75) is 12.2 Å². The van der Waals surface area contributed by atoms with Gasteiger partial charge < -0.3 is 10.2 Å². The fourth-order valence-electron chi connectivity index (χ4n) is 1.77. The summed E-state index contributed by atoms with van der Waals surface area (Å²) in [6, 6.07) is 13.2. The third kappa shape index (κ3) is 1.79. The average Bonchev–Trinajstić information content (AvgIpc) is 2.36. The molecule has 0 saturated carbocycles. The highest BCUT2D eigenvalue weighted by molar-refractivity contribution is 5.86. The van der Waals surface area contributed by atoms with Crippen molar-refractivity contribution in [3.8, 4) is 12.3 Å². The molecule has 2 heteroatoms. The maximum absolute atomic E-state index is 9.89. The molecule has 2 nitrogen and oxygen atoms in total. The van der Waals surface area contributed by atoms with Crippen LogP contribution in [0.2, 0.25) is 0 Å². The van der Waals surface area contributed by atoms with Crippen molar-refractivity contribution in [2.75, 3.05) is 0 Å². The lowest BCUT2D eigenvalue weighted by atomic mass is 9.98. The van der Waals surface area contributed by atoms with Crippen LogP contribution in [0.4, 0.5) is 0 Å². The number of rotatable bonds is 2. The van der Waals surface area contributed by atoms with Gasteiger partial charge in [0.05, 0.1) is 0 Å².